The monoisotopic (exact) mass is 212 g/mol. The highest BCUT2D eigenvalue weighted by atomic mass is 32.1. The van der Waals surface area contributed by atoms with Crippen LogP contribution in [-0.2, 0) is 0 Å². The van der Waals surface area contributed by atoms with Crippen LogP contribution in [0.1, 0.15) is 26.7 Å². The van der Waals surface area contributed by atoms with Gasteiger partial charge in [-0.1, -0.05) is 20.3 Å². The summed E-state index contributed by atoms with van der Waals surface area (Å²) in [5.41, 5.74) is 1.22. The average Bonchev–Trinajstić information content (AvgIpc) is 2.66. The fourth-order valence-electron chi connectivity index (χ4n) is 1.65. The first kappa shape index (κ1) is 11.5. The molecular formula is C11H20N2S. The van der Waals surface area contributed by atoms with Gasteiger partial charge in [0.1, 0.15) is 0 Å². The largest absolute Gasteiger partial charge is 0.369 e. The number of hydrogen-bond donors (Lipinski definition) is 2. The van der Waals surface area contributed by atoms with Crippen LogP contribution in [0.15, 0.2) is 16.8 Å². The number of anilines is 1. The van der Waals surface area contributed by atoms with E-state index in [1.54, 1.807) is 11.3 Å². The van der Waals surface area contributed by atoms with E-state index in [0.717, 1.165) is 0 Å². The maximum atomic E-state index is 3.49. The Morgan fingerprint density at radius 2 is 2.29 bits per heavy atom. The van der Waals surface area contributed by atoms with Crippen LogP contribution in [0, 0.1) is 5.92 Å². The molecule has 2 unspecified atom stereocenters. The molecule has 0 aliphatic rings. The molecule has 0 amide bonds. The first-order valence-electron chi connectivity index (χ1n) is 5.24. The van der Waals surface area contributed by atoms with Gasteiger partial charge in [0.05, 0.1) is 6.17 Å². The molecule has 1 rings (SSSR count). The van der Waals surface area contributed by atoms with Crippen molar-refractivity contribution in [2.45, 2.75) is 32.9 Å². The van der Waals surface area contributed by atoms with Crippen molar-refractivity contribution in [1.82, 2.24) is 5.32 Å². The molecule has 0 radical (unpaired) electrons. The number of nitrogens with one attached hydrogen (secondary N) is 2. The fourth-order valence-corrected chi connectivity index (χ4v) is 2.24. The van der Waals surface area contributed by atoms with Gasteiger partial charge in [-0.15, -0.1) is 0 Å². The Morgan fingerprint density at radius 3 is 2.79 bits per heavy atom. The van der Waals surface area contributed by atoms with Gasteiger partial charge in [-0.3, -0.25) is 0 Å². The SMILES string of the molecule is CCCC(C)C(NC)Nc1ccsc1. The Morgan fingerprint density at radius 1 is 1.50 bits per heavy atom. The van der Waals surface area contributed by atoms with E-state index in [4.69, 9.17) is 0 Å². The van der Waals surface area contributed by atoms with Crippen LogP contribution in [0.5, 0.6) is 0 Å². The lowest BCUT2D eigenvalue weighted by atomic mass is 10.0. The van der Waals surface area contributed by atoms with E-state index in [1.807, 2.05) is 7.05 Å². The summed E-state index contributed by atoms with van der Waals surface area (Å²) in [5, 5.41) is 11.0. The summed E-state index contributed by atoms with van der Waals surface area (Å²) in [6.45, 7) is 4.51. The van der Waals surface area contributed by atoms with Crippen LogP contribution >= 0.6 is 11.3 Å². The number of hydrogen-bond acceptors (Lipinski definition) is 3. The van der Waals surface area contributed by atoms with Gasteiger partial charge in [-0.05, 0) is 30.8 Å². The van der Waals surface area contributed by atoms with E-state index in [9.17, 15) is 0 Å². The Bertz CT molecular complexity index is 233. The van der Waals surface area contributed by atoms with Crippen LogP contribution in [0.3, 0.4) is 0 Å². The van der Waals surface area contributed by atoms with Gasteiger partial charge in [0.2, 0.25) is 0 Å². The summed E-state index contributed by atoms with van der Waals surface area (Å²) in [6.07, 6.45) is 2.87. The second kappa shape index (κ2) is 6.04. The van der Waals surface area contributed by atoms with Gasteiger partial charge >= 0.3 is 0 Å². The third kappa shape index (κ3) is 3.31. The van der Waals surface area contributed by atoms with E-state index in [2.05, 4.69) is 41.3 Å². The standard InChI is InChI=1S/C11H20N2S/c1-4-5-9(2)11(12-3)13-10-6-7-14-8-10/h6-9,11-13H,4-5H2,1-3H3. The van der Waals surface area contributed by atoms with E-state index in [1.165, 1.54) is 18.5 Å². The van der Waals surface area contributed by atoms with Crippen molar-refractivity contribution in [2.75, 3.05) is 12.4 Å². The Labute approximate surface area is 90.7 Å². The first-order valence-corrected chi connectivity index (χ1v) is 6.18. The van der Waals surface area contributed by atoms with E-state index >= 15 is 0 Å². The highest BCUT2D eigenvalue weighted by molar-refractivity contribution is 7.08. The lowest BCUT2D eigenvalue weighted by Crippen LogP contribution is -2.39. The molecule has 3 heteroatoms. The molecule has 2 atom stereocenters. The molecule has 0 saturated heterocycles. The quantitative estimate of drug-likeness (QED) is 0.708. The van der Waals surface area contributed by atoms with Gasteiger partial charge in [0.25, 0.3) is 0 Å². The molecule has 0 aliphatic heterocycles. The maximum absolute atomic E-state index is 3.49. The van der Waals surface area contributed by atoms with Gasteiger partial charge in [-0.2, -0.15) is 11.3 Å². The highest BCUT2D eigenvalue weighted by Gasteiger charge is 2.13. The molecule has 0 spiro atoms. The van der Waals surface area contributed by atoms with Gasteiger partial charge in [0, 0.05) is 11.1 Å². The molecule has 0 aliphatic carbocycles. The van der Waals surface area contributed by atoms with Gasteiger partial charge in [-0.25, -0.2) is 0 Å². The molecule has 80 valence electrons. The molecule has 2 N–H and O–H groups in total. The molecule has 2 nitrogen and oxygen atoms in total. The molecule has 0 saturated carbocycles. The predicted octanol–water partition coefficient (Wildman–Crippen LogP) is 3.14. The smallest absolute Gasteiger partial charge is 0.0792 e. The topological polar surface area (TPSA) is 24.1 Å². The van der Waals surface area contributed by atoms with Crippen molar-refractivity contribution in [3.63, 3.8) is 0 Å². The van der Waals surface area contributed by atoms with Crippen molar-refractivity contribution < 1.29 is 0 Å². The van der Waals surface area contributed by atoms with E-state index < -0.39 is 0 Å². The number of rotatable bonds is 6. The minimum atomic E-state index is 0.379. The normalized spacial score (nSPS) is 15.1. The molecule has 0 fully saturated rings. The summed E-state index contributed by atoms with van der Waals surface area (Å²) in [5.74, 6) is 0.657. The van der Waals surface area contributed by atoms with Crippen molar-refractivity contribution in [1.29, 1.82) is 0 Å². The summed E-state index contributed by atoms with van der Waals surface area (Å²) >= 11 is 1.73. The van der Waals surface area contributed by atoms with Gasteiger partial charge < -0.3 is 10.6 Å². The Kier molecular flexibility index (Phi) is 4.98. The first-order chi connectivity index (χ1) is 6.77. The minimum Gasteiger partial charge on any atom is -0.369 e. The fraction of sp³-hybridized carbons (Fsp3) is 0.636. The summed E-state index contributed by atoms with van der Waals surface area (Å²) in [6, 6.07) is 2.12. The Balaban J connectivity index is 2.46. The molecule has 0 aromatic carbocycles. The summed E-state index contributed by atoms with van der Waals surface area (Å²) in [4.78, 5) is 0. The van der Waals surface area contributed by atoms with Crippen LogP contribution in [0.2, 0.25) is 0 Å². The van der Waals surface area contributed by atoms with E-state index in [0.29, 0.717) is 12.1 Å². The zero-order valence-corrected chi connectivity index (χ0v) is 10.0. The van der Waals surface area contributed by atoms with Crippen molar-refractivity contribution in [3.05, 3.63) is 16.8 Å². The summed E-state index contributed by atoms with van der Waals surface area (Å²) in [7, 11) is 2.01. The minimum absolute atomic E-state index is 0.379. The van der Waals surface area contributed by atoms with Gasteiger partial charge in [0.15, 0.2) is 0 Å². The van der Waals surface area contributed by atoms with Crippen molar-refractivity contribution in [2.24, 2.45) is 5.92 Å². The second-order valence-electron chi connectivity index (χ2n) is 3.69. The summed E-state index contributed by atoms with van der Waals surface area (Å²) < 4.78 is 0. The molecule has 14 heavy (non-hydrogen) atoms. The van der Waals surface area contributed by atoms with Crippen LogP contribution in [-0.4, -0.2) is 13.2 Å². The third-order valence-electron chi connectivity index (χ3n) is 2.47. The van der Waals surface area contributed by atoms with Crippen molar-refractivity contribution in [3.8, 4) is 0 Å². The third-order valence-corrected chi connectivity index (χ3v) is 3.15. The van der Waals surface area contributed by atoms with E-state index in [-0.39, 0.29) is 0 Å². The van der Waals surface area contributed by atoms with Crippen molar-refractivity contribution >= 4 is 17.0 Å². The zero-order valence-electron chi connectivity index (χ0n) is 9.21. The van der Waals surface area contributed by atoms with Crippen LogP contribution in [0.25, 0.3) is 0 Å². The predicted molar refractivity (Wildman–Crippen MR) is 64.9 cm³/mol. The lowest BCUT2D eigenvalue weighted by molar-refractivity contribution is 0.406. The van der Waals surface area contributed by atoms with Crippen LogP contribution < -0.4 is 10.6 Å². The molecule has 1 aromatic heterocycles. The average molecular weight is 212 g/mol. The second-order valence-corrected chi connectivity index (χ2v) is 4.47. The number of thiophene rings is 1. The molecule has 0 bridgehead atoms. The lowest BCUT2D eigenvalue weighted by Gasteiger charge is -2.24. The maximum Gasteiger partial charge on any atom is 0.0792 e. The molecule has 1 heterocycles. The van der Waals surface area contributed by atoms with Crippen LogP contribution in [0.4, 0.5) is 5.69 Å². The zero-order chi connectivity index (χ0) is 10.4. The molecule has 1 aromatic rings. The molecular weight excluding hydrogens is 192 g/mol. The highest BCUT2D eigenvalue weighted by Crippen LogP contribution is 2.17. The Hall–Kier alpha value is -0.540.